The van der Waals surface area contributed by atoms with Crippen LogP contribution in [0, 0.1) is 19.7 Å². The molecule has 0 aliphatic carbocycles. The minimum absolute atomic E-state index is 0.0220. The Hall–Kier alpha value is -2.31. The van der Waals surface area contributed by atoms with E-state index in [2.05, 4.69) is 9.88 Å². The number of aryl methyl sites for hydroxylation is 2. The molecule has 0 unspecified atom stereocenters. The number of hydrogen-bond acceptors (Lipinski definition) is 4. The van der Waals surface area contributed by atoms with E-state index in [1.54, 1.807) is 35.0 Å². The maximum Gasteiger partial charge on any atom is 0.258 e. The average Bonchev–Trinajstić information content (AvgIpc) is 3.05. The van der Waals surface area contributed by atoms with E-state index in [9.17, 15) is 9.18 Å². The van der Waals surface area contributed by atoms with Crippen LogP contribution in [0.15, 0.2) is 35.3 Å². The number of fused-ring (bicyclic) bond motifs is 1. The van der Waals surface area contributed by atoms with Crippen LogP contribution in [0.3, 0.4) is 0 Å². The minimum Gasteiger partial charge on any atom is -0.315 e. The van der Waals surface area contributed by atoms with E-state index >= 15 is 0 Å². The lowest BCUT2D eigenvalue weighted by atomic mass is 9.98. The first-order chi connectivity index (χ1) is 12.9. The Balaban J connectivity index is 1.69. The molecule has 0 amide bonds. The highest BCUT2D eigenvalue weighted by atomic mass is 32.1. The molecule has 2 aromatic heterocycles. The minimum atomic E-state index is -0.250. The van der Waals surface area contributed by atoms with E-state index in [1.807, 2.05) is 26.2 Å². The lowest BCUT2D eigenvalue weighted by Gasteiger charge is -2.30. The molecule has 4 nitrogen and oxygen atoms in total. The van der Waals surface area contributed by atoms with Gasteiger partial charge in [-0.05, 0) is 48.7 Å². The van der Waals surface area contributed by atoms with Crippen LogP contribution in [-0.2, 0) is 26.6 Å². The van der Waals surface area contributed by atoms with Crippen LogP contribution >= 0.6 is 11.3 Å². The van der Waals surface area contributed by atoms with E-state index in [0.29, 0.717) is 11.1 Å². The summed E-state index contributed by atoms with van der Waals surface area (Å²) in [4.78, 5) is 20.8. The van der Waals surface area contributed by atoms with Gasteiger partial charge in [-0.1, -0.05) is 6.07 Å². The van der Waals surface area contributed by atoms with Crippen molar-refractivity contribution in [2.24, 2.45) is 7.05 Å². The Kier molecular flexibility index (Phi) is 4.70. The Bertz CT molecular complexity index is 1070. The first kappa shape index (κ1) is 18.1. The first-order valence-electron chi connectivity index (χ1n) is 9.04. The molecule has 0 saturated heterocycles. The van der Waals surface area contributed by atoms with Gasteiger partial charge in [-0.25, -0.2) is 9.37 Å². The van der Waals surface area contributed by atoms with Crippen molar-refractivity contribution in [1.29, 1.82) is 0 Å². The molecule has 1 aliphatic rings. The zero-order valence-corrected chi connectivity index (χ0v) is 16.6. The summed E-state index contributed by atoms with van der Waals surface area (Å²) in [6.07, 6.45) is 2.80. The number of thiazole rings is 1. The van der Waals surface area contributed by atoms with Gasteiger partial charge in [0.2, 0.25) is 0 Å². The van der Waals surface area contributed by atoms with Crippen molar-refractivity contribution in [2.75, 3.05) is 6.54 Å². The van der Waals surface area contributed by atoms with Crippen molar-refractivity contribution in [2.45, 2.75) is 33.4 Å². The fraction of sp³-hybridized carbons (Fsp3) is 0.333. The van der Waals surface area contributed by atoms with Gasteiger partial charge in [0, 0.05) is 55.4 Å². The van der Waals surface area contributed by atoms with Gasteiger partial charge in [0.25, 0.3) is 5.56 Å². The van der Waals surface area contributed by atoms with Crippen LogP contribution < -0.4 is 5.56 Å². The van der Waals surface area contributed by atoms with Gasteiger partial charge in [-0.2, -0.15) is 0 Å². The molecule has 1 aliphatic heterocycles. The summed E-state index contributed by atoms with van der Waals surface area (Å²) in [5.41, 5.74) is 4.20. The van der Waals surface area contributed by atoms with Crippen LogP contribution in [0.25, 0.3) is 11.1 Å². The number of hydrogen-bond donors (Lipinski definition) is 0. The summed E-state index contributed by atoms with van der Waals surface area (Å²) < 4.78 is 15.4. The Morgan fingerprint density at radius 2 is 2.07 bits per heavy atom. The second-order valence-corrected chi connectivity index (χ2v) is 8.48. The second-order valence-electron chi connectivity index (χ2n) is 7.16. The van der Waals surface area contributed by atoms with Crippen LogP contribution in [-0.4, -0.2) is 21.0 Å². The van der Waals surface area contributed by atoms with Crippen molar-refractivity contribution in [1.82, 2.24) is 14.5 Å². The predicted octanol–water partition coefficient (Wildman–Crippen LogP) is 3.82. The third-order valence-electron chi connectivity index (χ3n) is 5.21. The quantitative estimate of drug-likeness (QED) is 0.690. The van der Waals surface area contributed by atoms with Gasteiger partial charge in [-0.3, -0.25) is 9.69 Å². The molecule has 0 radical (unpaired) electrons. The van der Waals surface area contributed by atoms with E-state index in [4.69, 9.17) is 0 Å². The van der Waals surface area contributed by atoms with Gasteiger partial charge in [0.1, 0.15) is 5.82 Å². The van der Waals surface area contributed by atoms with Gasteiger partial charge in [-0.15, -0.1) is 11.3 Å². The normalized spacial score (nSPS) is 14.4. The zero-order valence-electron chi connectivity index (χ0n) is 15.8. The van der Waals surface area contributed by atoms with Crippen molar-refractivity contribution >= 4 is 11.3 Å². The topological polar surface area (TPSA) is 38.1 Å². The molecule has 3 heterocycles. The molecular weight excluding hydrogens is 361 g/mol. The third-order valence-corrected chi connectivity index (χ3v) is 6.10. The van der Waals surface area contributed by atoms with Crippen molar-refractivity contribution in [3.05, 3.63) is 73.3 Å². The lowest BCUT2D eigenvalue weighted by Crippen LogP contribution is -2.35. The Morgan fingerprint density at radius 1 is 1.26 bits per heavy atom. The largest absolute Gasteiger partial charge is 0.315 e. The fourth-order valence-corrected chi connectivity index (χ4v) is 4.58. The first-order valence-corrected chi connectivity index (χ1v) is 9.86. The molecule has 0 N–H and O–H groups in total. The van der Waals surface area contributed by atoms with E-state index in [0.717, 1.165) is 42.3 Å². The molecule has 0 atom stereocenters. The standard InChI is InChI=1S/C21H22FN3OS/c1-13-8-15(4-5-19(13)22)18-9-16-11-25(12-17-10-23-14(2)27-17)7-6-20(16)24(3)21(18)26/h4-5,8-10H,6-7,11-12H2,1-3H3. The number of halogens is 1. The van der Waals surface area contributed by atoms with Crippen LogP contribution in [0.4, 0.5) is 4.39 Å². The van der Waals surface area contributed by atoms with Crippen LogP contribution in [0.5, 0.6) is 0 Å². The maximum atomic E-state index is 13.6. The predicted molar refractivity (Wildman–Crippen MR) is 106 cm³/mol. The number of rotatable bonds is 3. The summed E-state index contributed by atoms with van der Waals surface area (Å²) in [5.74, 6) is -0.250. The summed E-state index contributed by atoms with van der Waals surface area (Å²) >= 11 is 1.73. The molecular formula is C21H22FN3OS. The van der Waals surface area contributed by atoms with E-state index in [1.165, 1.54) is 16.5 Å². The summed E-state index contributed by atoms with van der Waals surface area (Å²) in [7, 11) is 1.84. The van der Waals surface area contributed by atoms with Gasteiger partial charge in [0.05, 0.1) is 5.01 Å². The highest BCUT2D eigenvalue weighted by Crippen LogP contribution is 2.26. The van der Waals surface area contributed by atoms with E-state index < -0.39 is 0 Å². The van der Waals surface area contributed by atoms with E-state index in [-0.39, 0.29) is 11.4 Å². The molecule has 140 valence electrons. The molecule has 1 aromatic carbocycles. The number of aromatic nitrogens is 2. The van der Waals surface area contributed by atoms with Crippen molar-refractivity contribution < 1.29 is 4.39 Å². The molecule has 0 saturated carbocycles. The molecule has 4 rings (SSSR count). The monoisotopic (exact) mass is 383 g/mol. The zero-order chi connectivity index (χ0) is 19.1. The number of pyridine rings is 1. The molecule has 0 bridgehead atoms. The summed E-state index contributed by atoms with van der Waals surface area (Å²) in [6.45, 7) is 6.34. The SMILES string of the molecule is Cc1ncc(CN2CCc3c(cc(-c4ccc(F)c(C)c4)c(=O)n3C)C2)s1. The molecule has 0 fully saturated rings. The average molecular weight is 383 g/mol. The Morgan fingerprint density at radius 3 is 2.78 bits per heavy atom. The maximum absolute atomic E-state index is 13.6. The fourth-order valence-electron chi connectivity index (χ4n) is 3.74. The molecule has 3 aromatic rings. The second kappa shape index (κ2) is 7.02. The lowest BCUT2D eigenvalue weighted by molar-refractivity contribution is 0.243. The van der Waals surface area contributed by atoms with Crippen LogP contribution in [0.2, 0.25) is 0 Å². The summed E-state index contributed by atoms with van der Waals surface area (Å²) in [5, 5.41) is 1.08. The van der Waals surface area contributed by atoms with Crippen LogP contribution in [0.1, 0.15) is 26.7 Å². The van der Waals surface area contributed by atoms with Crippen molar-refractivity contribution in [3.63, 3.8) is 0 Å². The van der Waals surface area contributed by atoms with Gasteiger partial charge in [0.15, 0.2) is 0 Å². The Labute approximate surface area is 161 Å². The van der Waals surface area contributed by atoms with Crippen molar-refractivity contribution in [3.8, 4) is 11.1 Å². The third kappa shape index (κ3) is 3.47. The molecule has 6 heteroatoms. The number of nitrogens with zero attached hydrogens (tertiary/aromatic N) is 3. The summed E-state index contributed by atoms with van der Waals surface area (Å²) in [6, 6.07) is 6.86. The highest BCUT2D eigenvalue weighted by molar-refractivity contribution is 7.11. The smallest absolute Gasteiger partial charge is 0.258 e. The molecule has 27 heavy (non-hydrogen) atoms. The van der Waals surface area contributed by atoms with Gasteiger partial charge < -0.3 is 4.57 Å². The number of benzene rings is 1. The molecule has 0 spiro atoms. The van der Waals surface area contributed by atoms with Gasteiger partial charge >= 0.3 is 0 Å². The highest BCUT2D eigenvalue weighted by Gasteiger charge is 2.22.